The predicted octanol–water partition coefficient (Wildman–Crippen LogP) is 2.34. The summed E-state index contributed by atoms with van der Waals surface area (Å²) in [6.45, 7) is 1.54. The maximum atomic E-state index is 13.0. The van der Waals surface area contributed by atoms with E-state index in [1.54, 1.807) is 0 Å². The summed E-state index contributed by atoms with van der Waals surface area (Å²) in [5.74, 6) is -1.39. The number of halogens is 3. The molecule has 2 N–H and O–H groups in total. The molecule has 0 bridgehead atoms. The molecule has 0 aliphatic heterocycles. The van der Waals surface area contributed by atoms with Crippen LogP contribution in [0.5, 0.6) is 5.75 Å². The van der Waals surface area contributed by atoms with E-state index < -0.39 is 42.7 Å². The molecule has 2 atom stereocenters. The van der Waals surface area contributed by atoms with Gasteiger partial charge in [0.2, 0.25) is 6.29 Å². The van der Waals surface area contributed by atoms with Gasteiger partial charge in [0.1, 0.15) is 11.9 Å². The molecule has 0 spiro atoms. The number of ether oxygens (including phenoxy) is 3. The van der Waals surface area contributed by atoms with Crippen molar-refractivity contribution in [3.8, 4) is 5.75 Å². The smallest absolute Gasteiger partial charge is 0.416 e. The standard InChI is InChI=1S/C18H21F3O7/c1-11(23)26-8-7-14(27-12(2)24)5-6-17(25)28-15-4-3-13(10-22)16(9-15)18(19,20)21/h3-6,9,14,17,22,25H,7-8,10H2,1-2H3/b6-5-. The van der Waals surface area contributed by atoms with Crippen LogP contribution in [0.15, 0.2) is 30.4 Å². The van der Waals surface area contributed by atoms with Crippen LogP contribution in [0.25, 0.3) is 0 Å². The van der Waals surface area contributed by atoms with E-state index in [1.165, 1.54) is 26.0 Å². The van der Waals surface area contributed by atoms with Crippen LogP contribution in [-0.4, -0.2) is 41.2 Å². The van der Waals surface area contributed by atoms with E-state index in [2.05, 4.69) is 0 Å². The second kappa shape index (κ2) is 10.7. The molecule has 1 rings (SSSR count). The van der Waals surface area contributed by atoms with Gasteiger partial charge in [-0.1, -0.05) is 6.07 Å². The zero-order valence-electron chi connectivity index (χ0n) is 15.2. The first kappa shape index (κ1) is 23.4. The first-order chi connectivity index (χ1) is 13.0. The highest BCUT2D eigenvalue weighted by molar-refractivity contribution is 5.66. The molecule has 10 heteroatoms. The average molecular weight is 406 g/mol. The zero-order chi connectivity index (χ0) is 21.3. The van der Waals surface area contributed by atoms with Crippen LogP contribution < -0.4 is 4.74 Å². The number of alkyl halides is 3. The quantitative estimate of drug-likeness (QED) is 0.369. The summed E-state index contributed by atoms with van der Waals surface area (Å²) in [6, 6.07) is 2.87. The molecule has 0 aliphatic rings. The van der Waals surface area contributed by atoms with Crippen molar-refractivity contribution < 1.29 is 47.2 Å². The van der Waals surface area contributed by atoms with Gasteiger partial charge in [-0.2, -0.15) is 13.2 Å². The van der Waals surface area contributed by atoms with Crippen LogP contribution in [-0.2, 0) is 31.8 Å². The van der Waals surface area contributed by atoms with Crippen molar-refractivity contribution in [1.29, 1.82) is 0 Å². The van der Waals surface area contributed by atoms with Crippen LogP contribution in [0.4, 0.5) is 13.2 Å². The Balaban J connectivity index is 2.80. The van der Waals surface area contributed by atoms with Crippen LogP contribution >= 0.6 is 0 Å². The van der Waals surface area contributed by atoms with Crippen molar-refractivity contribution in [2.24, 2.45) is 0 Å². The number of aliphatic hydroxyl groups excluding tert-OH is 2. The van der Waals surface area contributed by atoms with Crippen molar-refractivity contribution in [2.75, 3.05) is 6.61 Å². The van der Waals surface area contributed by atoms with Crippen LogP contribution in [0.1, 0.15) is 31.4 Å². The number of carbonyl (C=O) groups is 2. The van der Waals surface area contributed by atoms with Crippen LogP contribution in [0.2, 0.25) is 0 Å². The lowest BCUT2D eigenvalue weighted by molar-refractivity contribution is -0.146. The molecule has 1 aromatic rings. The SMILES string of the molecule is CC(=O)OCCC(/C=C\C(O)Oc1ccc(CO)c(C(F)(F)F)c1)OC(C)=O. The van der Waals surface area contributed by atoms with Gasteiger partial charge in [-0.3, -0.25) is 9.59 Å². The second-order valence-corrected chi connectivity index (χ2v) is 5.64. The first-order valence-corrected chi connectivity index (χ1v) is 8.17. The van der Waals surface area contributed by atoms with Gasteiger partial charge in [-0.05, 0) is 29.8 Å². The summed E-state index contributed by atoms with van der Waals surface area (Å²) in [6.07, 6.45) is -4.71. The van der Waals surface area contributed by atoms with E-state index in [-0.39, 0.29) is 24.3 Å². The van der Waals surface area contributed by atoms with E-state index in [9.17, 15) is 27.9 Å². The summed E-state index contributed by atoms with van der Waals surface area (Å²) >= 11 is 0. The Kier molecular flexibility index (Phi) is 8.93. The van der Waals surface area contributed by atoms with Gasteiger partial charge in [0.25, 0.3) is 0 Å². The monoisotopic (exact) mass is 406 g/mol. The number of aliphatic hydroxyl groups is 2. The number of carbonyl (C=O) groups excluding carboxylic acids is 2. The van der Waals surface area contributed by atoms with Crippen LogP contribution in [0.3, 0.4) is 0 Å². The molecule has 0 saturated carbocycles. The van der Waals surface area contributed by atoms with Gasteiger partial charge in [0.15, 0.2) is 0 Å². The lowest BCUT2D eigenvalue weighted by Gasteiger charge is -2.16. The summed E-state index contributed by atoms with van der Waals surface area (Å²) in [7, 11) is 0. The topological polar surface area (TPSA) is 102 Å². The van der Waals surface area contributed by atoms with Crippen LogP contribution in [0, 0.1) is 0 Å². The van der Waals surface area contributed by atoms with Crippen molar-refractivity contribution in [3.05, 3.63) is 41.5 Å². The summed E-state index contributed by atoms with van der Waals surface area (Å²) < 4.78 is 53.6. The molecule has 0 amide bonds. The Hall–Kier alpha value is -2.59. The fourth-order valence-corrected chi connectivity index (χ4v) is 2.15. The highest BCUT2D eigenvalue weighted by Crippen LogP contribution is 2.34. The predicted molar refractivity (Wildman–Crippen MR) is 89.9 cm³/mol. The molecule has 0 saturated heterocycles. The minimum absolute atomic E-state index is 0.0356. The lowest BCUT2D eigenvalue weighted by Crippen LogP contribution is -2.19. The molecular weight excluding hydrogens is 385 g/mol. The number of esters is 2. The molecule has 0 aromatic heterocycles. The molecule has 0 aliphatic carbocycles. The van der Waals surface area contributed by atoms with Crippen molar-refractivity contribution >= 4 is 11.9 Å². The fourth-order valence-electron chi connectivity index (χ4n) is 2.15. The molecule has 0 fully saturated rings. The lowest BCUT2D eigenvalue weighted by atomic mass is 10.1. The van der Waals surface area contributed by atoms with Gasteiger partial charge in [0.05, 0.1) is 18.8 Å². The third kappa shape index (κ3) is 8.40. The summed E-state index contributed by atoms with van der Waals surface area (Å²) in [4.78, 5) is 21.9. The van der Waals surface area contributed by atoms with Crippen molar-refractivity contribution in [2.45, 2.75) is 45.4 Å². The van der Waals surface area contributed by atoms with Gasteiger partial charge in [0, 0.05) is 20.3 Å². The minimum atomic E-state index is -4.70. The minimum Gasteiger partial charge on any atom is -0.466 e. The summed E-state index contributed by atoms with van der Waals surface area (Å²) in [5, 5.41) is 18.9. The number of rotatable bonds is 9. The van der Waals surface area contributed by atoms with Gasteiger partial charge in [-0.15, -0.1) is 0 Å². The van der Waals surface area contributed by atoms with Gasteiger partial charge in [-0.25, -0.2) is 0 Å². The number of hydrogen-bond acceptors (Lipinski definition) is 7. The molecule has 2 unspecified atom stereocenters. The highest BCUT2D eigenvalue weighted by Gasteiger charge is 2.33. The van der Waals surface area contributed by atoms with E-state index in [0.29, 0.717) is 6.07 Å². The molecule has 1 aromatic carbocycles. The number of benzene rings is 1. The molecule has 156 valence electrons. The largest absolute Gasteiger partial charge is 0.466 e. The van der Waals surface area contributed by atoms with Crippen molar-refractivity contribution in [3.63, 3.8) is 0 Å². The molecule has 7 nitrogen and oxygen atoms in total. The Bertz CT molecular complexity index is 701. The second-order valence-electron chi connectivity index (χ2n) is 5.64. The van der Waals surface area contributed by atoms with E-state index in [1.807, 2.05) is 0 Å². The molecule has 0 radical (unpaired) electrons. The highest BCUT2D eigenvalue weighted by atomic mass is 19.4. The zero-order valence-corrected chi connectivity index (χ0v) is 15.2. The Morgan fingerprint density at radius 3 is 2.39 bits per heavy atom. The Labute approximate surface area is 159 Å². The van der Waals surface area contributed by atoms with Crippen molar-refractivity contribution in [1.82, 2.24) is 0 Å². The summed E-state index contributed by atoms with van der Waals surface area (Å²) in [5.41, 5.74) is -1.41. The average Bonchev–Trinajstić information content (AvgIpc) is 2.58. The Morgan fingerprint density at radius 2 is 1.86 bits per heavy atom. The maximum Gasteiger partial charge on any atom is 0.416 e. The van der Waals surface area contributed by atoms with Gasteiger partial charge < -0.3 is 24.4 Å². The Morgan fingerprint density at radius 1 is 1.18 bits per heavy atom. The molecule has 28 heavy (non-hydrogen) atoms. The molecular formula is C18H21F3O7. The van der Waals surface area contributed by atoms with Gasteiger partial charge >= 0.3 is 18.1 Å². The third-order valence-electron chi connectivity index (χ3n) is 3.33. The normalized spacial score (nSPS) is 13.8. The number of hydrogen-bond donors (Lipinski definition) is 2. The fraction of sp³-hybridized carbons (Fsp3) is 0.444. The van der Waals surface area contributed by atoms with E-state index in [4.69, 9.17) is 19.3 Å². The van der Waals surface area contributed by atoms with E-state index >= 15 is 0 Å². The molecule has 0 heterocycles. The van der Waals surface area contributed by atoms with E-state index in [0.717, 1.165) is 12.1 Å². The maximum absolute atomic E-state index is 13.0. The third-order valence-corrected chi connectivity index (χ3v) is 3.33. The first-order valence-electron chi connectivity index (χ1n) is 8.17.